The van der Waals surface area contributed by atoms with Gasteiger partial charge in [-0.2, -0.15) is 5.10 Å². The van der Waals surface area contributed by atoms with Gasteiger partial charge < -0.3 is 10.0 Å². The summed E-state index contributed by atoms with van der Waals surface area (Å²) in [5, 5.41) is 15.9. The molecule has 1 aromatic heterocycles. The number of hydrogen-bond donors (Lipinski definition) is 1. The van der Waals surface area contributed by atoms with E-state index in [-0.39, 0.29) is 0 Å². The van der Waals surface area contributed by atoms with E-state index in [0.717, 1.165) is 38.0 Å². The Morgan fingerprint density at radius 1 is 1.19 bits per heavy atom. The maximum Gasteiger partial charge on any atom is 0.0756 e. The first-order valence-electron chi connectivity index (χ1n) is 8.72. The molecule has 2 aliphatic heterocycles. The highest BCUT2D eigenvalue weighted by Crippen LogP contribution is 2.37. The molecule has 0 spiro atoms. The van der Waals surface area contributed by atoms with Crippen LogP contribution in [0.5, 0.6) is 0 Å². The summed E-state index contributed by atoms with van der Waals surface area (Å²) in [6.07, 6.45) is 11.5. The van der Waals surface area contributed by atoms with Crippen molar-refractivity contribution < 1.29 is 5.11 Å². The first-order valence-corrected chi connectivity index (χ1v) is 8.72. The van der Waals surface area contributed by atoms with Gasteiger partial charge in [-0.1, -0.05) is 19.3 Å². The summed E-state index contributed by atoms with van der Waals surface area (Å²) in [7, 11) is 0. The van der Waals surface area contributed by atoms with E-state index in [4.69, 9.17) is 5.10 Å². The highest BCUT2D eigenvalue weighted by molar-refractivity contribution is 5.09. The second kappa shape index (κ2) is 5.40. The summed E-state index contributed by atoms with van der Waals surface area (Å²) >= 11 is 0. The van der Waals surface area contributed by atoms with E-state index in [1.54, 1.807) is 0 Å². The molecule has 4 nitrogen and oxygen atoms in total. The highest BCUT2D eigenvalue weighted by Gasteiger charge is 2.45. The first kappa shape index (κ1) is 13.8. The van der Waals surface area contributed by atoms with Crippen molar-refractivity contribution >= 4 is 0 Å². The summed E-state index contributed by atoms with van der Waals surface area (Å²) in [6, 6.07) is 2.73. The molecular formula is C17H27N3O. The molecule has 3 heterocycles. The van der Waals surface area contributed by atoms with E-state index < -0.39 is 5.60 Å². The molecule has 0 radical (unpaired) electrons. The van der Waals surface area contributed by atoms with Crippen LogP contribution in [0.1, 0.15) is 56.7 Å². The van der Waals surface area contributed by atoms with Gasteiger partial charge in [-0.25, -0.2) is 0 Å². The summed E-state index contributed by atoms with van der Waals surface area (Å²) in [4.78, 5) is 2.49. The number of piperidine rings is 1. The van der Waals surface area contributed by atoms with Crippen LogP contribution in [0, 0.1) is 5.92 Å². The van der Waals surface area contributed by atoms with E-state index in [9.17, 15) is 5.11 Å². The van der Waals surface area contributed by atoms with E-state index in [1.165, 1.54) is 38.6 Å². The number of fused-ring (bicyclic) bond motifs is 2. The topological polar surface area (TPSA) is 41.3 Å². The van der Waals surface area contributed by atoms with Crippen LogP contribution >= 0.6 is 0 Å². The Morgan fingerprint density at radius 2 is 2.05 bits per heavy atom. The largest absolute Gasteiger partial charge is 0.389 e. The van der Waals surface area contributed by atoms with Crippen molar-refractivity contribution in [3.8, 4) is 0 Å². The Morgan fingerprint density at radius 3 is 2.90 bits per heavy atom. The molecule has 3 fully saturated rings. The lowest BCUT2D eigenvalue weighted by Crippen LogP contribution is -2.47. The minimum atomic E-state index is -0.515. The van der Waals surface area contributed by atoms with Gasteiger partial charge >= 0.3 is 0 Å². The van der Waals surface area contributed by atoms with Gasteiger partial charge in [0.2, 0.25) is 0 Å². The smallest absolute Gasteiger partial charge is 0.0756 e. The van der Waals surface area contributed by atoms with Crippen molar-refractivity contribution in [1.29, 1.82) is 0 Å². The molecule has 2 bridgehead atoms. The molecule has 116 valence electrons. The van der Waals surface area contributed by atoms with E-state index in [2.05, 4.69) is 21.8 Å². The summed E-state index contributed by atoms with van der Waals surface area (Å²) in [5.41, 5.74) is 0.571. The molecule has 21 heavy (non-hydrogen) atoms. The lowest BCUT2D eigenvalue weighted by atomic mass is 9.79. The lowest BCUT2D eigenvalue weighted by molar-refractivity contribution is -0.0446. The Balaban J connectivity index is 1.46. The number of nitrogens with zero attached hydrogens (tertiary/aromatic N) is 3. The second-order valence-electron chi connectivity index (χ2n) is 7.40. The van der Waals surface area contributed by atoms with Crippen LogP contribution in [0.15, 0.2) is 12.3 Å². The van der Waals surface area contributed by atoms with Crippen LogP contribution in [0.4, 0.5) is 0 Å². The van der Waals surface area contributed by atoms with Gasteiger partial charge in [-0.3, -0.25) is 4.68 Å². The number of aliphatic hydroxyl groups is 1. The van der Waals surface area contributed by atoms with Crippen molar-refractivity contribution in [3.05, 3.63) is 18.0 Å². The monoisotopic (exact) mass is 289 g/mol. The molecule has 1 aliphatic carbocycles. The fraction of sp³-hybridized carbons (Fsp3) is 0.824. The molecule has 1 N–H and O–H groups in total. The zero-order valence-corrected chi connectivity index (χ0v) is 12.9. The normalized spacial score (nSPS) is 37.0. The molecule has 3 aliphatic rings. The molecule has 4 heteroatoms. The van der Waals surface area contributed by atoms with Gasteiger partial charge in [0, 0.05) is 31.6 Å². The van der Waals surface area contributed by atoms with Crippen molar-refractivity contribution in [2.24, 2.45) is 5.92 Å². The molecule has 4 rings (SSSR count). The van der Waals surface area contributed by atoms with Crippen LogP contribution in [0.3, 0.4) is 0 Å². The number of rotatable bonds is 3. The maximum absolute atomic E-state index is 11.1. The highest BCUT2D eigenvalue weighted by atomic mass is 16.3. The Hall–Kier alpha value is -0.870. The summed E-state index contributed by atoms with van der Waals surface area (Å²) in [5.74, 6) is 0.450. The van der Waals surface area contributed by atoms with Crippen LogP contribution in [-0.2, 0) is 6.42 Å². The third kappa shape index (κ3) is 2.64. The quantitative estimate of drug-likeness (QED) is 0.929. The summed E-state index contributed by atoms with van der Waals surface area (Å²) < 4.78 is 2.17. The SMILES string of the molecule is OC1(Cc2ccn(C3CCCCC3)n2)CCN2CCC1C2. The molecule has 3 unspecified atom stereocenters. The standard InChI is InChI=1S/C17H27N3O/c21-17(8-11-19-9-6-14(17)13-19)12-15-7-10-20(18-15)16-4-2-1-3-5-16/h7,10,14,16,21H,1-6,8-9,11-13H2. The number of hydrogen-bond acceptors (Lipinski definition) is 3. The Bertz CT molecular complexity index is 494. The maximum atomic E-state index is 11.1. The molecule has 0 amide bonds. The fourth-order valence-corrected chi connectivity index (χ4v) is 4.60. The third-order valence-corrected chi connectivity index (χ3v) is 5.99. The van der Waals surface area contributed by atoms with Crippen molar-refractivity contribution in [1.82, 2.24) is 14.7 Å². The Labute approximate surface area is 127 Å². The van der Waals surface area contributed by atoms with E-state index in [0.29, 0.717) is 12.0 Å². The van der Waals surface area contributed by atoms with E-state index in [1.807, 2.05) is 0 Å². The Kier molecular flexibility index (Phi) is 3.54. The van der Waals surface area contributed by atoms with Crippen molar-refractivity contribution in [2.45, 2.75) is 63.0 Å². The minimum Gasteiger partial charge on any atom is -0.389 e. The molecule has 3 atom stereocenters. The van der Waals surface area contributed by atoms with Crippen molar-refractivity contribution in [2.75, 3.05) is 19.6 Å². The molecule has 1 aromatic rings. The van der Waals surface area contributed by atoms with Crippen LogP contribution in [-0.4, -0.2) is 45.0 Å². The van der Waals surface area contributed by atoms with Crippen molar-refractivity contribution in [3.63, 3.8) is 0 Å². The zero-order chi connectivity index (χ0) is 14.3. The third-order valence-electron chi connectivity index (χ3n) is 5.99. The number of aromatic nitrogens is 2. The molecule has 1 saturated carbocycles. The average molecular weight is 289 g/mol. The molecule has 2 saturated heterocycles. The fourth-order valence-electron chi connectivity index (χ4n) is 4.60. The van der Waals surface area contributed by atoms with Crippen LogP contribution in [0.2, 0.25) is 0 Å². The van der Waals surface area contributed by atoms with Gasteiger partial charge in [-0.15, -0.1) is 0 Å². The predicted molar refractivity (Wildman–Crippen MR) is 82.2 cm³/mol. The van der Waals surface area contributed by atoms with Crippen LogP contribution in [0.25, 0.3) is 0 Å². The van der Waals surface area contributed by atoms with Gasteiger partial charge in [0.05, 0.1) is 17.3 Å². The van der Waals surface area contributed by atoms with Gasteiger partial charge in [0.15, 0.2) is 0 Å². The minimum absolute atomic E-state index is 0.450. The van der Waals surface area contributed by atoms with Gasteiger partial charge in [0.25, 0.3) is 0 Å². The lowest BCUT2D eigenvalue weighted by Gasteiger charge is -2.38. The van der Waals surface area contributed by atoms with Gasteiger partial charge in [-0.05, 0) is 38.3 Å². The van der Waals surface area contributed by atoms with Crippen LogP contribution < -0.4 is 0 Å². The van der Waals surface area contributed by atoms with E-state index >= 15 is 0 Å². The predicted octanol–water partition coefficient (Wildman–Crippen LogP) is 2.39. The molecule has 0 aromatic carbocycles. The molecular weight excluding hydrogens is 262 g/mol. The van der Waals surface area contributed by atoms with Gasteiger partial charge in [0.1, 0.15) is 0 Å². The zero-order valence-electron chi connectivity index (χ0n) is 12.9. The second-order valence-corrected chi connectivity index (χ2v) is 7.40. The average Bonchev–Trinajstić information content (AvgIpc) is 3.13. The summed E-state index contributed by atoms with van der Waals surface area (Å²) in [6.45, 7) is 3.31. The first-order chi connectivity index (χ1) is 10.2.